The molecule has 0 aliphatic rings. The Morgan fingerprint density at radius 2 is 1.85 bits per heavy atom. The van der Waals surface area contributed by atoms with Gasteiger partial charge in [0.15, 0.2) is 0 Å². The van der Waals surface area contributed by atoms with Crippen LogP contribution < -0.4 is 16.8 Å². The molecule has 0 saturated carbocycles. The molecule has 0 atom stereocenters. The highest BCUT2D eigenvalue weighted by Gasteiger charge is 2.12. The first-order valence-corrected chi connectivity index (χ1v) is 8.59. The number of hydrogen-bond acceptors (Lipinski definition) is 4. The molecule has 1 amide bonds. The molecule has 0 saturated heterocycles. The Labute approximate surface area is 158 Å². The summed E-state index contributed by atoms with van der Waals surface area (Å²) in [6.07, 6.45) is 3.15. The Hall–Kier alpha value is -3.54. The summed E-state index contributed by atoms with van der Waals surface area (Å²) in [6.45, 7) is 3.89. The first-order chi connectivity index (χ1) is 12.9. The van der Waals surface area contributed by atoms with E-state index >= 15 is 0 Å². The monoisotopic (exact) mass is 361 g/mol. The quantitative estimate of drug-likeness (QED) is 0.619. The number of nitrogens with zero attached hydrogens (tertiary/aromatic N) is 2. The van der Waals surface area contributed by atoms with E-state index in [2.05, 4.69) is 10.4 Å². The van der Waals surface area contributed by atoms with Crippen molar-refractivity contribution in [1.29, 1.82) is 0 Å². The number of aromatic nitrogens is 2. The highest BCUT2D eigenvalue weighted by Crippen LogP contribution is 2.30. The predicted octanol–water partition coefficient (Wildman–Crippen LogP) is 3.55. The molecule has 3 aromatic rings. The number of allylic oxidation sites excluding steroid dienone is 1. The Balaban J connectivity index is 1.89. The Morgan fingerprint density at radius 1 is 1.15 bits per heavy atom. The molecular formula is C21H23N5O. The van der Waals surface area contributed by atoms with Crippen molar-refractivity contribution in [2.45, 2.75) is 13.8 Å². The Kier molecular flexibility index (Phi) is 4.98. The third kappa shape index (κ3) is 3.69. The van der Waals surface area contributed by atoms with E-state index in [0.29, 0.717) is 11.4 Å². The number of benzene rings is 2. The van der Waals surface area contributed by atoms with E-state index in [4.69, 9.17) is 11.5 Å². The molecule has 1 heterocycles. The van der Waals surface area contributed by atoms with Crippen LogP contribution in [0.25, 0.3) is 16.7 Å². The molecule has 0 aliphatic carbocycles. The third-order valence-electron chi connectivity index (χ3n) is 4.59. The number of hydrogen-bond donors (Lipinski definition) is 3. The van der Waals surface area contributed by atoms with E-state index in [9.17, 15) is 4.79 Å². The zero-order chi connectivity index (χ0) is 19.6. The van der Waals surface area contributed by atoms with Gasteiger partial charge in [-0.2, -0.15) is 5.10 Å². The van der Waals surface area contributed by atoms with E-state index in [0.717, 1.165) is 33.5 Å². The lowest BCUT2D eigenvalue weighted by Crippen LogP contribution is -2.16. The maximum Gasteiger partial charge on any atom is 0.273 e. The van der Waals surface area contributed by atoms with Crippen molar-refractivity contribution in [3.63, 3.8) is 0 Å². The number of nitrogens with one attached hydrogen (secondary N) is 1. The zero-order valence-electron chi connectivity index (χ0n) is 15.7. The minimum atomic E-state index is -0.190. The largest absolute Gasteiger partial charge is 0.404 e. The van der Waals surface area contributed by atoms with Crippen LogP contribution in [0, 0.1) is 6.92 Å². The molecule has 6 heteroatoms. The first-order valence-electron chi connectivity index (χ1n) is 8.59. The first kappa shape index (κ1) is 18.3. The van der Waals surface area contributed by atoms with E-state index in [1.165, 1.54) is 0 Å². The van der Waals surface area contributed by atoms with Gasteiger partial charge in [0.25, 0.3) is 5.91 Å². The van der Waals surface area contributed by atoms with Crippen LogP contribution in [-0.4, -0.2) is 15.7 Å². The van der Waals surface area contributed by atoms with Gasteiger partial charge < -0.3 is 16.8 Å². The molecule has 3 rings (SSSR count). The molecule has 0 fully saturated rings. The van der Waals surface area contributed by atoms with Gasteiger partial charge in [0, 0.05) is 30.2 Å². The smallest absolute Gasteiger partial charge is 0.273 e. The van der Waals surface area contributed by atoms with Crippen molar-refractivity contribution in [3.8, 4) is 11.1 Å². The summed E-state index contributed by atoms with van der Waals surface area (Å²) in [6, 6.07) is 13.5. The van der Waals surface area contributed by atoms with Crippen LogP contribution in [0.3, 0.4) is 0 Å². The molecular weight excluding hydrogens is 338 g/mol. The normalized spacial score (nSPS) is 11.4. The van der Waals surface area contributed by atoms with Crippen molar-refractivity contribution >= 4 is 22.9 Å². The number of carbonyl (C=O) groups excluding carboxylic acids is 1. The van der Waals surface area contributed by atoms with Gasteiger partial charge in [0.1, 0.15) is 5.69 Å². The number of anilines is 2. The maximum absolute atomic E-state index is 12.4. The van der Waals surface area contributed by atoms with Crippen LogP contribution in [0.15, 0.2) is 54.9 Å². The van der Waals surface area contributed by atoms with Crippen molar-refractivity contribution in [2.24, 2.45) is 12.8 Å². The van der Waals surface area contributed by atoms with E-state index in [-0.39, 0.29) is 5.91 Å². The number of aryl methyl sites for hydroxylation is 2. The van der Waals surface area contributed by atoms with Crippen molar-refractivity contribution < 1.29 is 4.79 Å². The molecule has 27 heavy (non-hydrogen) atoms. The average Bonchev–Trinajstić information content (AvgIpc) is 3.09. The van der Waals surface area contributed by atoms with Gasteiger partial charge in [-0.05, 0) is 72.6 Å². The lowest BCUT2D eigenvalue weighted by Gasteiger charge is -2.12. The van der Waals surface area contributed by atoms with Gasteiger partial charge in [-0.3, -0.25) is 9.48 Å². The van der Waals surface area contributed by atoms with Gasteiger partial charge in [-0.15, -0.1) is 0 Å². The van der Waals surface area contributed by atoms with Gasteiger partial charge in [0.05, 0.1) is 0 Å². The number of carbonyl (C=O) groups is 1. The minimum Gasteiger partial charge on any atom is -0.404 e. The fourth-order valence-electron chi connectivity index (χ4n) is 2.93. The summed E-state index contributed by atoms with van der Waals surface area (Å²) in [5.41, 5.74) is 18.5. The number of rotatable bonds is 4. The predicted molar refractivity (Wildman–Crippen MR) is 110 cm³/mol. The van der Waals surface area contributed by atoms with E-state index < -0.39 is 0 Å². The molecule has 1 aromatic heterocycles. The van der Waals surface area contributed by atoms with Crippen molar-refractivity contribution in [1.82, 2.24) is 9.78 Å². The van der Waals surface area contributed by atoms with Crippen LogP contribution in [-0.2, 0) is 7.05 Å². The summed E-state index contributed by atoms with van der Waals surface area (Å²) in [4.78, 5) is 12.4. The lowest BCUT2D eigenvalue weighted by atomic mass is 9.97. The molecule has 2 aromatic carbocycles. The summed E-state index contributed by atoms with van der Waals surface area (Å²) >= 11 is 0. The Bertz CT molecular complexity index is 1030. The SMILES string of the molecule is C/C(=C/N)c1cc(-c2ccc(NC(=O)c3ccnn3C)c(C)c2)ccc1N. The van der Waals surface area contributed by atoms with Gasteiger partial charge in [-0.1, -0.05) is 12.1 Å². The maximum atomic E-state index is 12.4. The molecule has 5 N–H and O–H groups in total. The summed E-state index contributed by atoms with van der Waals surface area (Å²) < 4.78 is 1.54. The number of nitrogen functional groups attached to an aromatic ring is 1. The third-order valence-corrected chi connectivity index (χ3v) is 4.59. The van der Waals surface area contributed by atoms with Crippen molar-refractivity contribution in [2.75, 3.05) is 11.1 Å². The van der Waals surface area contributed by atoms with Crippen molar-refractivity contribution in [3.05, 3.63) is 71.7 Å². The molecule has 6 nitrogen and oxygen atoms in total. The topological polar surface area (TPSA) is 99.0 Å². The zero-order valence-corrected chi connectivity index (χ0v) is 15.7. The lowest BCUT2D eigenvalue weighted by molar-refractivity contribution is 0.101. The fourth-order valence-corrected chi connectivity index (χ4v) is 2.93. The molecule has 0 radical (unpaired) electrons. The van der Waals surface area contributed by atoms with Crippen LogP contribution in [0.1, 0.15) is 28.5 Å². The van der Waals surface area contributed by atoms with Crippen LogP contribution >= 0.6 is 0 Å². The second-order valence-electron chi connectivity index (χ2n) is 6.48. The summed E-state index contributed by atoms with van der Waals surface area (Å²) in [5, 5.41) is 6.96. The number of amides is 1. The van der Waals surface area contributed by atoms with Gasteiger partial charge in [-0.25, -0.2) is 0 Å². The molecule has 0 aliphatic heterocycles. The Morgan fingerprint density at radius 3 is 2.48 bits per heavy atom. The van der Waals surface area contributed by atoms with Gasteiger partial charge in [0.2, 0.25) is 0 Å². The standard InChI is InChI=1S/C21H23N5O/c1-13-10-15(16-4-6-18(23)17(11-16)14(2)12-22)5-7-19(13)25-21(27)20-8-9-24-26(20)3/h4-12H,22-23H2,1-3H3,(H,25,27)/b14-12-. The second kappa shape index (κ2) is 7.37. The highest BCUT2D eigenvalue weighted by molar-refractivity contribution is 6.03. The molecule has 0 bridgehead atoms. The summed E-state index contributed by atoms with van der Waals surface area (Å²) in [7, 11) is 1.74. The highest BCUT2D eigenvalue weighted by atomic mass is 16.2. The molecule has 0 spiro atoms. The number of nitrogens with two attached hydrogens (primary N) is 2. The summed E-state index contributed by atoms with van der Waals surface area (Å²) in [5.74, 6) is -0.190. The molecule has 0 unspecified atom stereocenters. The van der Waals surface area contributed by atoms with E-state index in [1.807, 2.05) is 50.2 Å². The van der Waals surface area contributed by atoms with Crippen LogP contribution in [0.4, 0.5) is 11.4 Å². The fraction of sp³-hybridized carbons (Fsp3) is 0.143. The van der Waals surface area contributed by atoms with Crippen LogP contribution in [0.5, 0.6) is 0 Å². The van der Waals surface area contributed by atoms with Gasteiger partial charge >= 0.3 is 0 Å². The minimum absolute atomic E-state index is 0.190. The average molecular weight is 361 g/mol. The van der Waals surface area contributed by atoms with E-state index in [1.54, 1.807) is 30.2 Å². The van der Waals surface area contributed by atoms with Crippen LogP contribution in [0.2, 0.25) is 0 Å². The second-order valence-corrected chi connectivity index (χ2v) is 6.48. The molecule has 138 valence electrons.